The maximum absolute atomic E-state index is 5.57. The normalized spacial score (nSPS) is 13.6. The van der Waals surface area contributed by atoms with Gasteiger partial charge in [-0.3, -0.25) is 4.99 Å². The molecule has 0 radical (unpaired) electrons. The molecule has 2 rings (SSSR count). The number of hydrogen-bond donors (Lipinski definition) is 2. The second-order valence-electron chi connectivity index (χ2n) is 7.03. The predicted molar refractivity (Wildman–Crippen MR) is 102 cm³/mol. The van der Waals surface area contributed by atoms with Crippen molar-refractivity contribution < 1.29 is 4.74 Å². The fourth-order valence-electron chi connectivity index (χ4n) is 2.51. The van der Waals surface area contributed by atoms with Gasteiger partial charge in [-0.2, -0.15) is 5.10 Å². The first-order valence-corrected chi connectivity index (χ1v) is 8.50. The van der Waals surface area contributed by atoms with E-state index in [2.05, 4.69) is 41.5 Å². The summed E-state index contributed by atoms with van der Waals surface area (Å²) in [4.78, 5) is 4.27. The van der Waals surface area contributed by atoms with Gasteiger partial charge in [0.1, 0.15) is 0 Å². The Kier molecular flexibility index (Phi) is 6.58. The van der Waals surface area contributed by atoms with Crippen LogP contribution < -0.4 is 10.6 Å². The van der Waals surface area contributed by atoms with Crippen LogP contribution in [0.1, 0.15) is 26.3 Å². The third-order valence-electron chi connectivity index (χ3n) is 4.05. The average Bonchev–Trinajstić information content (AvgIpc) is 3.06. The van der Waals surface area contributed by atoms with E-state index in [-0.39, 0.29) is 11.5 Å². The maximum Gasteiger partial charge on any atom is 0.191 e. The van der Waals surface area contributed by atoms with Gasteiger partial charge >= 0.3 is 0 Å². The number of guanidine groups is 1. The Hall–Kier alpha value is -2.34. The molecule has 0 aliphatic heterocycles. The molecule has 1 aromatic heterocycles. The summed E-state index contributed by atoms with van der Waals surface area (Å²) in [6.45, 7) is 7.84. The molecule has 0 amide bonds. The number of nitrogens with zero attached hydrogens (tertiary/aromatic N) is 3. The maximum atomic E-state index is 5.57. The first-order valence-electron chi connectivity index (χ1n) is 8.50. The molecule has 0 aliphatic rings. The summed E-state index contributed by atoms with van der Waals surface area (Å²) in [5.74, 6) is 0.749. The average molecular weight is 343 g/mol. The van der Waals surface area contributed by atoms with Crippen LogP contribution in [0, 0.1) is 5.41 Å². The van der Waals surface area contributed by atoms with Crippen LogP contribution in [0.3, 0.4) is 0 Å². The van der Waals surface area contributed by atoms with E-state index in [1.54, 1.807) is 14.2 Å². The molecule has 0 saturated heterocycles. The van der Waals surface area contributed by atoms with E-state index in [1.165, 1.54) is 0 Å². The van der Waals surface area contributed by atoms with E-state index in [0.29, 0.717) is 13.1 Å². The van der Waals surface area contributed by atoms with Gasteiger partial charge in [0.15, 0.2) is 5.96 Å². The van der Waals surface area contributed by atoms with E-state index in [1.807, 2.05) is 47.4 Å². The third kappa shape index (κ3) is 5.60. The predicted octanol–water partition coefficient (Wildman–Crippen LogP) is 2.60. The van der Waals surface area contributed by atoms with Crippen molar-refractivity contribution in [2.45, 2.75) is 33.4 Å². The Bertz CT molecular complexity index is 673. The van der Waals surface area contributed by atoms with E-state index in [0.717, 1.165) is 17.2 Å². The lowest BCUT2D eigenvalue weighted by Crippen LogP contribution is -2.45. The smallest absolute Gasteiger partial charge is 0.191 e. The van der Waals surface area contributed by atoms with Crippen molar-refractivity contribution in [2.24, 2.45) is 10.4 Å². The molecule has 0 bridgehead atoms. The highest BCUT2D eigenvalue weighted by Crippen LogP contribution is 2.20. The molecule has 1 atom stereocenters. The summed E-state index contributed by atoms with van der Waals surface area (Å²) >= 11 is 0. The van der Waals surface area contributed by atoms with Crippen molar-refractivity contribution in [1.82, 2.24) is 20.4 Å². The topological polar surface area (TPSA) is 63.5 Å². The number of methoxy groups -OCH3 is 1. The summed E-state index contributed by atoms with van der Waals surface area (Å²) < 4.78 is 7.43. The fraction of sp³-hybridized carbons (Fsp3) is 0.474. The van der Waals surface area contributed by atoms with Crippen molar-refractivity contribution in [3.63, 3.8) is 0 Å². The second-order valence-corrected chi connectivity index (χ2v) is 7.03. The third-order valence-corrected chi connectivity index (χ3v) is 4.05. The minimum absolute atomic E-state index is 0.0669. The summed E-state index contributed by atoms with van der Waals surface area (Å²) in [6, 6.07) is 10.1. The fourth-order valence-corrected chi connectivity index (χ4v) is 2.51. The minimum Gasteiger partial charge on any atom is -0.379 e. The molecule has 6 heteroatoms. The number of aliphatic imine (C=N–C) groups is 1. The van der Waals surface area contributed by atoms with Crippen LogP contribution in [-0.4, -0.2) is 42.5 Å². The van der Waals surface area contributed by atoms with E-state index < -0.39 is 0 Å². The molecule has 136 valence electrons. The molecule has 25 heavy (non-hydrogen) atoms. The van der Waals surface area contributed by atoms with Gasteiger partial charge in [-0.05, 0) is 17.5 Å². The van der Waals surface area contributed by atoms with Gasteiger partial charge in [-0.25, -0.2) is 4.68 Å². The molecule has 6 nitrogen and oxygen atoms in total. The number of para-hydroxylation sites is 1. The Morgan fingerprint density at radius 2 is 1.96 bits per heavy atom. The van der Waals surface area contributed by atoms with Crippen molar-refractivity contribution in [2.75, 3.05) is 20.7 Å². The molecular formula is C19H29N5O. The summed E-state index contributed by atoms with van der Waals surface area (Å²) in [6.07, 6.45) is 3.98. The standard InChI is InChI=1S/C19H29N5O/c1-19(2,3)17(25-5)13-22-18(20-4)21-11-15-12-23-24(14-15)16-9-7-6-8-10-16/h6-10,12,14,17H,11,13H2,1-5H3,(H2,20,21,22). The zero-order chi connectivity index (χ0) is 18.3. The van der Waals surface area contributed by atoms with Gasteiger partial charge in [0.05, 0.1) is 18.0 Å². The molecule has 0 saturated carbocycles. The molecule has 1 aromatic carbocycles. The second kappa shape index (κ2) is 8.67. The van der Waals surface area contributed by atoms with Crippen LogP contribution in [-0.2, 0) is 11.3 Å². The summed E-state index contributed by atoms with van der Waals surface area (Å²) in [7, 11) is 3.51. The van der Waals surface area contributed by atoms with Crippen molar-refractivity contribution in [3.05, 3.63) is 48.3 Å². The highest BCUT2D eigenvalue weighted by molar-refractivity contribution is 5.79. The Balaban J connectivity index is 1.88. The van der Waals surface area contributed by atoms with E-state index in [9.17, 15) is 0 Å². The Morgan fingerprint density at radius 3 is 2.56 bits per heavy atom. The molecule has 1 unspecified atom stereocenters. The van der Waals surface area contributed by atoms with Crippen molar-refractivity contribution >= 4 is 5.96 Å². The molecule has 0 aliphatic carbocycles. The number of ether oxygens (including phenoxy) is 1. The van der Waals surface area contributed by atoms with Crippen LogP contribution in [0.25, 0.3) is 5.69 Å². The van der Waals surface area contributed by atoms with Gasteiger partial charge < -0.3 is 15.4 Å². The van der Waals surface area contributed by atoms with Crippen molar-refractivity contribution in [1.29, 1.82) is 0 Å². The zero-order valence-electron chi connectivity index (χ0n) is 15.8. The first-order chi connectivity index (χ1) is 11.9. The number of hydrogen-bond acceptors (Lipinski definition) is 3. The molecule has 2 aromatic rings. The highest BCUT2D eigenvalue weighted by atomic mass is 16.5. The number of nitrogens with one attached hydrogen (secondary N) is 2. The summed E-state index contributed by atoms with van der Waals surface area (Å²) in [5, 5.41) is 11.0. The molecule has 2 N–H and O–H groups in total. The lowest BCUT2D eigenvalue weighted by molar-refractivity contribution is 0.0205. The Labute approximate surface area is 150 Å². The van der Waals surface area contributed by atoms with E-state index >= 15 is 0 Å². The Morgan fingerprint density at radius 1 is 1.24 bits per heavy atom. The monoisotopic (exact) mass is 343 g/mol. The largest absolute Gasteiger partial charge is 0.379 e. The minimum atomic E-state index is 0.0669. The lowest BCUT2D eigenvalue weighted by atomic mass is 9.89. The molecule has 1 heterocycles. The molecular weight excluding hydrogens is 314 g/mol. The quantitative estimate of drug-likeness (QED) is 0.625. The highest BCUT2D eigenvalue weighted by Gasteiger charge is 2.24. The number of aromatic nitrogens is 2. The van der Waals surface area contributed by atoms with Gasteiger partial charge in [0, 0.05) is 39.0 Å². The van der Waals surface area contributed by atoms with Crippen LogP contribution in [0.2, 0.25) is 0 Å². The SMILES string of the molecule is CN=C(NCc1cnn(-c2ccccc2)c1)NCC(OC)C(C)(C)C. The van der Waals surface area contributed by atoms with Gasteiger partial charge in [0.25, 0.3) is 0 Å². The van der Waals surface area contributed by atoms with Crippen LogP contribution in [0.4, 0.5) is 0 Å². The number of rotatable bonds is 6. The van der Waals surface area contributed by atoms with Gasteiger partial charge in [-0.1, -0.05) is 39.0 Å². The summed E-state index contributed by atoms with van der Waals surface area (Å²) in [5.41, 5.74) is 2.20. The number of benzene rings is 1. The van der Waals surface area contributed by atoms with Crippen LogP contribution in [0.15, 0.2) is 47.7 Å². The van der Waals surface area contributed by atoms with Crippen LogP contribution >= 0.6 is 0 Å². The zero-order valence-corrected chi connectivity index (χ0v) is 15.8. The van der Waals surface area contributed by atoms with Gasteiger partial charge in [-0.15, -0.1) is 0 Å². The first kappa shape index (κ1) is 19.0. The van der Waals surface area contributed by atoms with Crippen molar-refractivity contribution in [3.8, 4) is 5.69 Å². The van der Waals surface area contributed by atoms with Gasteiger partial charge in [0.2, 0.25) is 0 Å². The lowest BCUT2D eigenvalue weighted by Gasteiger charge is -2.30. The van der Waals surface area contributed by atoms with Crippen LogP contribution in [0.5, 0.6) is 0 Å². The van der Waals surface area contributed by atoms with E-state index in [4.69, 9.17) is 4.74 Å². The molecule has 0 fully saturated rings. The molecule has 0 spiro atoms.